The number of nitrogens with zero attached hydrogens (tertiary/aromatic N) is 2. The number of aromatic nitrogens is 2. The van der Waals surface area contributed by atoms with Crippen LogP contribution < -0.4 is 0 Å². The standard InChI is InChI=1S/C5H2Cl3IN2/c6-3-2(1-9)4(7)11-5(8)10-3/h1H2. The topological polar surface area (TPSA) is 25.8 Å². The molecule has 11 heavy (non-hydrogen) atoms. The fourth-order valence-electron chi connectivity index (χ4n) is 0.517. The molecule has 0 saturated carbocycles. The lowest BCUT2D eigenvalue weighted by Crippen LogP contribution is -1.91. The number of rotatable bonds is 1. The molecule has 1 aromatic heterocycles. The molecule has 0 aromatic carbocycles. The van der Waals surface area contributed by atoms with E-state index in [0.29, 0.717) is 14.7 Å². The van der Waals surface area contributed by atoms with Gasteiger partial charge in [-0.25, -0.2) is 9.97 Å². The minimum atomic E-state index is 0.0774. The van der Waals surface area contributed by atoms with Crippen LogP contribution in [0, 0.1) is 0 Å². The van der Waals surface area contributed by atoms with E-state index in [1.807, 2.05) is 0 Å². The summed E-state index contributed by atoms with van der Waals surface area (Å²) in [6.45, 7) is 0. The SMILES string of the molecule is Clc1nc(Cl)c(CI)c(Cl)n1. The summed E-state index contributed by atoms with van der Waals surface area (Å²) in [6.07, 6.45) is 0. The minimum Gasteiger partial charge on any atom is -0.206 e. The first-order valence-corrected chi connectivity index (χ1v) is 5.24. The van der Waals surface area contributed by atoms with Crippen LogP contribution in [0.5, 0.6) is 0 Å². The lowest BCUT2D eigenvalue weighted by Gasteiger charge is -2.00. The van der Waals surface area contributed by atoms with Gasteiger partial charge in [0.1, 0.15) is 10.3 Å². The highest BCUT2D eigenvalue weighted by atomic mass is 127. The smallest absolute Gasteiger partial charge is 0.206 e. The van der Waals surface area contributed by atoms with Gasteiger partial charge >= 0.3 is 0 Å². The van der Waals surface area contributed by atoms with Crippen LogP contribution in [0.4, 0.5) is 0 Å². The van der Waals surface area contributed by atoms with Crippen molar-refractivity contribution in [3.8, 4) is 0 Å². The predicted octanol–water partition coefficient (Wildman–Crippen LogP) is 3.37. The Morgan fingerprint density at radius 2 is 1.55 bits per heavy atom. The average Bonchev–Trinajstić information content (AvgIpc) is 1.85. The van der Waals surface area contributed by atoms with E-state index in [4.69, 9.17) is 34.8 Å². The maximum atomic E-state index is 5.71. The van der Waals surface area contributed by atoms with Crippen LogP contribution in [-0.2, 0) is 4.43 Å². The van der Waals surface area contributed by atoms with Crippen LogP contribution in [0.3, 0.4) is 0 Å². The molecular formula is C5H2Cl3IN2. The van der Waals surface area contributed by atoms with Crippen molar-refractivity contribution < 1.29 is 0 Å². The van der Waals surface area contributed by atoms with Gasteiger partial charge in [0.05, 0.1) is 0 Å². The number of alkyl halides is 1. The summed E-state index contributed by atoms with van der Waals surface area (Å²) in [4.78, 5) is 7.47. The lowest BCUT2D eigenvalue weighted by molar-refractivity contribution is 1.13. The molecule has 1 aromatic rings. The zero-order valence-corrected chi connectivity index (χ0v) is 9.54. The quantitative estimate of drug-likeness (QED) is 0.343. The molecule has 0 saturated heterocycles. The zero-order valence-electron chi connectivity index (χ0n) is 5.11. The van der Waals surface area contributed by atoms with Crippen LogP contribution in [-0.4, -0.2) is 9.97 Å². The van der Waals surface area contributed by atoms with E-state index in [9.17, 15) is 0 Å². The van der Waals surface area contributed by atoms with Gasteiger partial charge < -0.3 is 0 Å². The molecule has 2 nitrogen and oxygen atoms in total. The van der Waals surface area contributed by atoms with Crippen molar-refractivity contribution in [2.75, 3.05) is 0 Å². The molecule has 0 bridgehead atoms. The molecule has 0 N–H and O–H groups in total. The van der Waals surface area contributed by atoms with Crippen LogP contribution in [0.25, 0.3) is 0 Å². The van der Waals surface area contributed by atoms with E-state index in [2.05, 4.69) is 32.6 Å². The van der Waals surface area contributed by atoms with Gasteiger partial charge in [0.25, 0.3) is 0 Å². The van der Waals surface area contributed by atoms with Gasteiger partial charge in [-0.2, -0.15) is 0 Å². The summed E-state index contributed by atoms with van der Waals surface area (Å²) in [5, 5.41) is 0.724. The van der Waals surface area contributed by atoms with Crippen LogP contribution >= 0.6 is 57.4 Å². The van der Waals surface area contributed by atoms with Gasteiger partial charge in [-0.15, -0.1) is 0 Å². The summed E-state index contributed by atoms with van der Waals surface area (Å²) < 4.78 is 0.673. The molecule has 6 heteroatoms. The molecule has 0 amide bonds. The predicted molar refractivity (Wildman–Crippen MR) is 54.8 cm³/mol. The maximum Gasteiger partial charge on any atom is 0.225 e. The molecule has 0 aliphatic heterocycles. The molecule has 0 aliphatic rings. The second kappa shape index (κ2) is 4.07. The first-order chi connectivity index (χ1) is 5.15. The van der Waals surface area contributed by atoms with E-state index < -0.39 is 0 Å². The van der Waals surface area contributed by atoms with Gasteiger partial charge in [-0.1, -0.05) is 45.8 Å². The Morgan fingerprint density at radius 3 is 1.91 bits per heavy atom. The third kappa shape index (κ3) is 2.31. The summed E-state index contributed by atoms with van der Waals surface area (Å²) in [5.74, 6) is 0. The Morgan fingerprint density at radius 1 is 1.09 bits per heavy atom. The first kappa shape index (κ1) is 9.77. The number of halogens is 4. The third-order valence-corrected chi connectivity index (χ3v) is 2.57. The third-order valence-electron chi connectivity index (χ3n) is 1.01. The van der Waals surface area contributed by atoms with E-state index in [-0.39, 0.29) is 5.28 Å². The van der Waals surface area contributed by atoms with Gasteiger partial charge in [0.2, 0.25) is 5.28 Å². The molecule has 0 aliphatic carbocycles. The highest BCUT2D eigenvalue weighted by Gasteiger charge is 2.08. The van der Waals surface area contributed by atoms with E-state index >= 15 is 0 Å². The molecule has 60 valence electrons. The Labute approximate surface area is 92.4 Å². The lowest BCUT2D eigenvalue weighted by atomic mass is 10.4. The van der Waals surface area contributed by atoms with Crippen molar-refractivity contribution in [1.29, 1.82) is 0 Å². The van der Waals surface area contributed by atoms with Crippen molar-refractivity contribution in [2.24, 2.45) is 0 Å². The second-order valence-corrected chi connectivity index (χ2v) is 3.50. The molecular weight excluding hydrogens is 321 g/mol. The number of hydrogen-bond acceptors (Lipinski definition) is 2. The molecule has 0 radical (unpaired) electrons. The van der Waals surface area contributed by atoms with Crippen molar-refractivity contribution in [3.63, 3.8) is 0 Å². The van der Waals surface area contributed by atoms with Crippen LogP contribution in [0.2, 0.25) is 15.6 Å². The fraction of sp³-hybridized carbons (Fsp3) is 0.200. The molecule has 0 atom stereocenters. The molecule has 1 heterocycles. The molecule has 1 rings (SSSR count). The normalized spacial score (nSPS) is 10.2. The van der Waals surface area contributed by atoms with Crippen LogP contribution in [0.1, 0.15) is 5.56 Å². The zero-order chi connectivity index (χ0) is 8.43. The van der Waals surface area contributed by atoms with Crippen LogP contribution in [0.15, 0.2) is 0 Å². The summed E-state index contributed by atoms with van der Waals surface area (Å²) in [5.41, 5.74) is 0.721. The minimum absolute atomic E-state index is 0.0774. The van der Waals surface area contributed by atoms with Crippen molar-refractivity contribution in [3.05, 3.63) is 21.2 Å². The molecule has 0 unspecified atom stereocenters. The Bertz CT molecular complexity index is 255. The van der Waals surface area contributed by atoms with Gasteiger partial charge in [0, 0.05) is 9.99 Å². The summed E-state index contributed by atoms with van der Waals surface area (Å²) >= 11 is 19.0. The largest absolute Gasteiger partial charge is 0.225 e. The fourth-order valence-corrected chi connectivity index (χ4v) is 2.47. The van der Waals surface area contributed by atoms with Gasteiger partial charge in [-0.05, 0) is 11.6 Å². The Balaban J connectivity index is 3.25. The van der Waals surface area contributed by atoms with E-state index in [1.165, 1.54) is 0 Å². The number of hydrogen-bond donors (Lipinski definition) is 0. The van der Waals surface area contributed by atoms with E-state index in [0.717, 1.165) is 5.56 Å². The second-order valence-electron chi connectivity index (χ2n) is 1.69. The first-order valence-electron chi connectivity index (χ1n) is 2.58. The average molecular weight is 323 g/mol. The maximum absolute atomic E-state index is 5.71. The summed E-state index contributed by atoms with van der Waals surface area (Å²) in [7, 11) is 0. The Kier molecular flexibility index (Phi) is 3.61. The highest BCUT2D eigenvalue weighted by molar-refractivity contribution is 14.1. The van der Waals surface area contributed by atoms with Crippen molar-refractivity contribution >= 4 is 57.4 Å². The highest BCUT2D eigenvalue weighted by Crippen LogP contribution is 2.24. The van der Waals surface area contributed by atoms with Gasteiger partial charge in [0.15, 0.2) is 0 Å². The van der Waals surface area contributed by atoms with Crippen molar-refractivity contribution in [2.45, 2.75) is 4.43 Å². The van der Waals surface area contributed by atoms with Crippen molar-refractivity contribution in [1.82, 2.24) is 9.97 Å². The Hall–Kier alpha value is 0.680. The van der Waals surface area contributed by atoms with Gasteiger partial charge in [-0.3, -0.25) is 0 Å². The molecule has 0 fully saturated rings. The molecule has 0 spiro atoms. The summed E-state index contributed by atoms with van der Waals surface area (Å²) in [6, 6.07) is 0. The monoisotopic (exact) mass is 322 g/mol. The van der Waals surface area contributed by atoms with E-state index in [1.54, 1.807) is 0 Å².